The topological polar surface area (TPSA) is 90.4 Å². The molecule has 3 aliphatic heterocycles. The third-order valence-electron chi connectivity index (χ3n) is 9.18. The van der Waals surface area contributed by atoms with Crippen molar-refractivity contribution in [1.29, 1.82) is 0 Å². The van der Waals surface area contributed by atoms with Crippen LogP contribution >= 0.6 is 0 Å². The van der Waals surface area contributed by atoms with E-state index in [0.29, 0.717) is 45.4 Å². The molecule has 6 atom stereocenters. The predicted octanol–water partition coefficient (Wildman–Crippen LogP) is 3.55. The number of carbonyl (C=O) groups excluding carboxylic acids is 3. The summed E-state index contributed by atoms with van der Waals surface area (Å²) in [4.78, 5) is 48.1. The minimum absolute atomic E-state index is 0.149. The average molecular weight is 552 g/mol. The van der Waals surface area contributed by atoms with Crippen molar-refractivity contribution in [2.24, 2.45) is 11.8 Å². The van der Waals surface area contributed by atoms with Crippen LogP contribution in [0.2, 0.25) is 0 Å². The van der Waals surface area contributed by atoms with Crippen LogP contribution in [0.1, 0.15) is 58.4 Å². The quantitative estimate of drug-likeness (QED) is 0.357. The number of ether oxygens (including phenoxy) is 1. The Morgan fingerprint density at radius 2 is 1.80 bits per heavy atom. The Hall–Kier alpha value is -2.97. The molecule has 8 heteroatoms. The Morgan fingerprint density at radius 1 is 1.12 bits per heavy atom. The fourth-order valence-electron chi connectivity index (χ4n) is 7.23. The van der Waals surface area contributed by atoms with Gasteiger partial charge in [0, 0.05) is 26.2 Å². The first-order valence-electron chi connectivity index (χ1n) is 14.7. The molecule has 1 aromatic rings. The van der Waals surface area contributed by atoms with Crippen molar-refractivity contribution in [3.63, 3.8) is 0 Å². The van der Waals surface area contributed by atoms with Crippen LogP contribution in [0.25, 0.3) is 0 Å². The van der Waals surface area contributed by atoms with Crippen molar-refractivity contribution < 1.29 is 24.2 Å². The third kappa shape index (κ3) is 4.90. The van der Waals surface area contributed by atoms with Gasteiger partial charge < -0.3 is 24.5 Å². The summed E-state index contributed by atoms with van der Waals surface area (Å²) < 4.78 is 6.90. The second-order valence-corrected chi connectivity index (χ2v) is 11.5. The van der Waals surface area contributed by atoms with E-state index in [1.165, 1.54) is 4.90 Å². The Balaban J connectivity index is 1.78. The number of likely N-dealkylation sites (tertiary alicyclic amines) is 1. The molecule has 1 N–H and O–H groups in total. The SMILES string of the molecule is C=CCN(CCCC)C(=O)C1N([C@H](C)CO)C(=O)[C@@H]2[C@H](C(=O)N(CC=C)Cc3ccccc3)[C@]3(CC)CCC12O3. The molecule has 3 saturated heterocycles. The van der Waals surface area contributed by atoms with Crippen LogP contribution in [0, 0.1) is 11.8 Å². The molecule has 1 spiro atoms. The molecule has 3 aliphatic rings. The molecule has 2 unspecified atom stereocenters. The van der Waals surface area contributed by atoms with Gasteiger partial charge in [0.25, 0.3) is 0 Å². The lowest BCUT2D eigenvalue weighted by Gasteiger charge is -2.38. The van der Waals surface area contributed by atoms with Gasteiger partial charge in [0.2, 0.25) is 17.7 Å². The van der Waals surface area contributed by atoms with Gasteiger partial charge in [-0.15, -0.1) is 13.2 Å². The van der Waals surface area contributed by atoms with Crippen molar-refractivity contribution in [3.8, 4) is 0 Å². The average Bonchev–Trinajstić information content (AvgIpc) is 3.58. The van der Waals surface area contributed by atoms with E-state index in [-0.39, 0.29) is 24.3 Å². The van der Waals surface area contributed by atoms with E-state index >= 15 is 0 Å². The zero-order valence-electron chi connectivity index (χ0n) is 24.3. The van der Waals surface area contributed by atoms with Gasteiger partial charge in [-0.25, -0.2) is 0 Å². The van der Waals surface area contributed by atoms with E-state index in [1.807, 2.05) is 37.3 Å². The first kappa shape index (κ1) is 30.0. The Kier molecular flexibility index (Phi) is 9.20. The summed E-state index contributed by atoms with van der Waals surface area (Å²) in [6.07, 6.45) is 6.81. The number of hydrogen-bond acceptors (Lipinski definition) is 5. The highest BCUT2D eigenvalue weighted by Crippen LogP contribution is 2.65. The van der Waals surface area contributed by atoms with Crippen LogP contribution in [0.5, 0.6) is 0 Å². The summed E-state index contributed by atoms with van der Waals surface area (Å²) >= 11 is 0. The molecule has 0 aliphatic carbocycles. The summed E-state index contributed by atoms with van der Waals surface area (Å²) in [6.45, 7) is 14.9. The fraction of sp³-hybridized carbons (Fsp3) is 0.594. The summed E-state index contributed by atoms with van der Waals surface area (Å²) in [6, 6.07) is 8.26. The number of hydrogen-bond donors (Lipinski definition) is 1. The molecule has 0 saturated carbocycles. The number of benzene rings is 1. The summed E-state index contributed by atoms with van der Waals surface area (Å²) in [5.41, 5.74) is -0.959. The first-order valence-corrected chi connectivity index (χ1v) is 14.7. The van der Waals surface area contributed by atoms with E-state index in [9.17, 15) is 19.5 Å². The lowest BCUT2D eigenvalue weighted by Crippen LogP contribution is -2.58. The highest BCUT2D eigenvalue weighted by atomic mass is 16.5. The summed E-state index contributed by atoms with van der Waals surface area (Å²) in [5, 5.41) is 10.2. The molecule has 3 heterocycles. The fourth-order valence-corrected chi connectivity index (χ4v) is 7.23. The van der Waals surface area contributed by atoms with Gasteiger partial charge >= 0.3 is 0 Å². The van der Waals surface area contributed by atoms with Gasteiger partial charge in [0.1, 0.15) is 11.6 Å². The van der Waals surface area contributed by atoms with Gasteiger partial charge in [0.05, 0.1) is 30.1 Å². The smallest absolute Gasteiger partial charge is 0.248 e. The van der Waals surface area contributed by atoms with Gasteiger partial charge in [0.15, 0.2) is 0 Å². The second kappa shape index (κ2) is 12.3. The largest absolute Gasteiger partial charge is 0.394 e. The first-order chi connectivity index (χ1) is 19.2. The standard InChI is InChI=1S/C32H45N3O5/c1-6-10-20-33(18-7-2)30(39)27-32-17-16-31(9-4,40-32)25(26(32)29(38)35(27)23(5)22-36)28(37)34(19-8-3)21-24-14-12-11-13-15-24/h7-8,11-15,23,25-27,36H,2-3,6,9-10,16-22H2,1,4-5H3/t23-,25-,26+,27?,31+,32?/m1/s1. The van der Waals surface area contributed by atoms with E-state index < -0.39 is 35.1 Å². The minimum atomic E-state index is -1.12. The Morgan fingerprint density at radius 3 is 2.40 bits per heavy atom. The zero-order valence-corrected chi connectivity index (χ0v) is 24.3. The molecule has 4 rings (SSSR count). The predicted molar refractivity (Wildman–Crippen MR) is 154 cm³/mol. The van der Waals surface area contributed by atoms with Gasteiger partial charge in [-0.1, -0.05) is 62.8 Å². The Labute approximate surface area is 238 Å². The van der Waals surface area contributed by atoms with Crippen molar-refractivity contribution in [2.75, 3.05) is 26.2 Å². The van der Waals surface area contributed by atoms with Gasteiger partial charge in [-0.3, -0.25) is 14.4 Å². The number of aliphatic hydroxyl groups is 1. The van der Waals surface area contributed by atoms with Crippen LogP contribution < -0.4 is 0 Å². The van der Waals surface area contributed by atoms with Crippen LogP contribution in [0.4, 0.5) is 0 Å². The molecule has 40 heavy (non-hydrogen) atoms. The molecule has 0 aromatic heterocycles. The highest BCUT2D eigenvalue weighted by Gasteiger charge is 2.79. The number of fused-ring (bicyclic) bond motifs is 1. The molecule has 0 radical (unpaired) electrons. The van der Waals surface area contributed by atoms with Crippen molar-refractivity contribution in [3.05, 3.63) is 61.2 Å². The molecule has 8 nitrogen and oxygen atoms in total. The molecule has 3 fully saturated rings. The van der Waals surface area contributed by atoms with Crippen LogP contribution in [-0.4, -0.2) is 87.1 Å². The molecule has 218 valence electrons. The molecular weight excluding hydrogens is 506 g/mol. The summed E-state index contributed by atoms with van der Waals surface area (Å²) in [7, 11) is 0. The number of rotatable bonds is 14. The Bertz CT molecular complexity index is 1110. The lowest BCUT2D eigenvalue weighted by atomic mass is 9.64. The number of amides is 3. The number of nitrogens with zero attached hydrogens (tertiary/aromatic N) is 3. The molecule has 2 bridgehead atoms. The number of unbranched alkanes of at least 4 members (excludes halogenated alkanes) is 1. The van der Waals surface area contributed by atoms with Crippen molar-refractivity contribution in [1.82, 2.24) is 14.7 Å². The normalized spacial score (nSPS) is 29.2. The second-order valence-electron chi connectivity index (χ2n) is 11.5. The van der Waals surface area contributed by atoms with Gasteiger partial charge in [-0.05, 0) is 38.2 Å². The monoisotopic (exact) mass is 551 g/mol. The van der Waals surface area contributed by atoms with Crippen molar-refractivity contribution >= 4 is 17.7 Å². The van der Waals surface area contributed by atoms with E-state index in [1.54, 1.807) is 28.9 Å². The lowest BCUT2D eigenvalue weighted by molar-refractivity contribution is -0.157. The summed E-state index contributed by atoms with van der Waals surface area (Å²) in [5.74, 6) is -2.14. The maximum atomic E-state index is 14.4. The third-order valence-corrected chi connectivity index (χ3v) is 9.18. The highest BCUT2D eigenvalue weighted by molar-refractivity contribution is 5.99. The maximum Gasteiger partial charge on any atom is 0.248 e. The van der Waals surface area contributed by atoms with E-state index in [0.717, 1.165) is 18.4 Å². The van der Waals surface area contributed by atoms with E-state index in [2.05, 4.69) is 20.1 Å². The van der Waals surface area contributed by atoms with Gasteiger partial charge in [-0.2, -0.15) is 0 Å². The van der Waals surface area contributed by atoms with Crippen LogP contribution in [0.15, 0.2) is 55.6 Å². The molecular formula is C32H45N3O5. The zero-order chi connectivity index (χ0) is 29.1. The van der Waals surface area contributed by atoms with Crippen molar-refractivity contribution in [2.45, 2.75) is 82.7 Å². The van der Waals surface area contributed by atoms with Crippen LogP contribution in [0.3, 0.4) is 0 Å². The van der Waals surface area contributed by atoms with Crippen LogP contribution in [-0.2, 0) is 25.7 Å². The number of carbonyl (C=O) groups is 3. The van der Waals surface area contributed by atoms with E-state index in [4.69, 9.17) is 4.74 Å². The molecule has 3 amide bonds. The maximum absolute atomic E-state index is 14.4. The minimum Gasteiger partial charge on any atom is -0.394 e. The number of aliphatic hydroxyl groups excluding tert-OH is 1. The molecule has 1 aromatic carbocycles.